The Hall–Kier alpha value is -2.22. The second kappa shape index (κ2) is 6.49. The van der Waals surface area contributed by atoms with Crippen LogP contribution in [0.2, 0.25) is 0 Å². The molecule has 2 fully saturated rings. The van der Waals surface area contributed by atoms with Crippen molar-refractivity contribution >= 4 is 17.7 Å². The molecule has 0 atom stereocenters. The summed E-state index contributed by atoms with van der Waals surface area (Å²) < 4.78 is 5.05. The second-order valence-electron chi connectivity index (χ2n) is 5.96. The van der Waals surface area contributed by atoms with Gasteiger partial charge in [-0.15, -0.1) is 0 Å². The van der Waals surface area contributed by atoms with E-state index < -0.39 is 0 Å². The first-order valence-corrected chi connectivity index (χ1v) is 7.78. The van der Waals surface area contributed by atoms with Crippen LogP contribution in [0.3, 0.4) is 0 Å². The van der Waals surface area contributed by atoms with Gasteiger partial charge in [0.05, 0.1) is 5.69 Å². The summed E-state index contributed by atoms with van der Waals surface area (Å²) in [5.74, 6) is 0.131. The SMILES string of the molecule is Cc1cc(CN2CCN(C(=O)CN3C(=O)CCC3=O)CC2)no1. The van der Waals surface area contributed by atoms with Crippen molar-refractivity contribution in [3.8, 4) is 0 Å². The highest BCUT2D eigenvalue weighted by atomic mass is 16.5. The van der Waals surface area contributed by atoms with E-state index in [2.05, 4.69) is 10.1 Å². The Morgan fingerprint density at radius 2 is 1.83 bits per heavy atom. The third-order valence-corrected chi connectivity index (χ3v) is 4.24. The summed E-state index contributed by atoms with van der Waals surface area (Å²) in [4.78, 5) is 40.4. The first kappa shape index (κ1) is 15.7. The molecule has 1 aromatic rings. The maximum absolute atomic E-state index is 12.2. The van der Waals surface area contributed by atoms with Crippen molar-refractivity contribution in [3.63, 3.8) is 0 Å². The lowest BCUT2D eigenvalue weighted by molar-refractivity contribution is -0.146. The maximum Gasteiger partial charge on any atom is 0.242 e. The number of aryl methyl sites for hydroxylation is 1. The minimum atomic E-state index is -0.247. The molecule has 124 valence electrons. The average Bonchev–Trinajstić information content (AvgIpc) is 3.08. The van der Waals surface area contributed by atoms with Crippen LogP contribution < -0.4 is 0 Å². The van der Waals surface area contributed by atoms with Gasteiger partial charge in [-0.3, -0.25) is 24.2 Å². The number of rotatable bonds is 4. The number of nitrogens with zero attached hydrogens (tertiary/aromatic N) is 4. The van der Waals surface area contributed by atoms with E-state index in [0.29, 0.717) is 19.6 Å². The molecule has 0 spiro atoms. The Bertz CT molecular complexity index is 603. The van der Waals surface area contributed by atoms with Crippen LogP contribution in [0.4, 0.5) is 0 Å². The van der Waals surface area contributed by atoms with Crippen molar-refractivity contribution in [1.29, 1.82) is 0 Å². The Morgan fingerprint density at radius 3 is 2.39 bits per heavy atom. The number of likely N-dealkylation sites (tertiary alicyclic amines) is 1. The number of aromatic nitrogens is 1. The van der Waals surface area contributed by atoms with Gasteiger partial charge in [0.15, 0.2) is 0 Å². The van der Waals surface area contributed by atoms with E-state index in [0.717, 1.165) is 29.4 Å². The average molecular weight is 320 g/mol. The zero-order valence-corrected chi connectivity index (χ0v) is 13.2. The van der Waals surface area contributed by atoms with Crippen LogP contribution in [0.25, 0.3) is 0 Å². The number of carbonyl (C=O) groups excluding carboxylic acids is 3. The van der Waals surface area contributed by atoms with E-state index in [1.807, 2.05) is 13.0 Å². The molecule has 2 aliphatic heterocycles. The fourth-order valence-corrected chi connectivity index (χ4v) is 2.91. The molecule has 3 heterocycles. The van der Waals surface area contributed by atoms with Crippen LogP contribution in [0.15, 0.2) is 10.6 Å². The molecule has 2 saturated heterocycles. The molecule has 0 saturated carbocycles. The predicted molar refractivity (Wildman–Crippen MR) is 79.1 cm³/mol. The summed E-state index contributed by atoms with van der Waals surface area (Å²) in [5.41, 5.74) is 0.885. The van der Waals surface area contributed by atoms with Crippen LogP contribution in [-0.4, -0.2) is 70.3 Å². The molecule has 3 amide bonds. The normalized spacial score (nSPS) is 19.7. The highest BCUT2D eigenvalue weighted by Gasteiger charge is 2.32. The molecule has 0 unspecified atom stereocenters. The van der Waals surface area contributed by atoms with Crippen molar-refractivity contribution in [2.75, 3.05) is 32.7 Å². The zero-order chi connectivity index (χ0) is 16.4. The Kier molecular flexibility index (Phi) is 4.42. The molecule has 0 aromatic carbocycles. The third kappa shape index (κ3) is 3.58. The standard InChI is InChI=1S/C15H20N4O4/c1-11-8-12(16-23-11)9-17-4-6-18(7-5-17)15(22)10-19-13(20)2-3-14(19)21/h8H,2-7,9-10H2,1H3. The number of hydrogen-bond donors (Lipinski definition) is 0. The molecule has 8 nitrogen and oxygen atoms in total. The van der Waals surface area contributed by atoms with E-state index in [4.69, 9.17) is 4.52 Å². The fraction of sp³-hybridized carbons (Fsp3) is 0.600. The van der Waals surface area contributed by atoms with Crippen molar-refractivity contribution in [2.24, 2.45) is 0 Å². The van der Waals surface area contributed by atoms with Gasteiger partial charge in [0.1, 0.15) is 12.3 Å². The minimum Gasteiger partial charge on any atom is -0.361 e. The quantitative estimate of drug-likeness (QED) is 0.713. The highest BCUT2D eigenvalue weighted by molar-refractivity contribution is 6.04. The largest absolute Gasteiger partial charge is 0.361 e. The summed E-state index contributed by atoms with van der Waals surface area (Å²) in [7, 11) is 0. The van der Waals surface area contributed by atoms with Gasteiger partial charge >= 0.3 is 0 Å². The van der Waals surface area contributed by atoms with Gasteiger partial charge in [0.2, 0.25) is 17.7 Å². The van der Waals surface area contributed by atoms with Crippen LogP contribution in [0.5, 0.6) is 0 Å². The number of hydrogen-bond acceptors (Lipinski definition) is 6. The first-order valence-electron chi connectivity index (χ1n) is 7.78. The molecular weight excluding hydrogens is 300 g/mol. The van der Waals surface area contributed by atoms with E-state index in [1.54, 1.807) is 4.90 Å². The summed E-state index contributed by atoms with van der Waals surface area (Å²) in [6.07, 6.45) is 0.439. The van der Waals surface area contributed by atoms with Gasteiger partial charge in [-0.2, -0.15) is 0 Å². The Morgan fingerprint density at radius 1 is 1.17 bits per heavy atom. The van der Waals surface area contributed by atoms with E-state index >= 15 is 0 Å². The van der Waals surface area contributed by atoms with Crippen LogP contribution in [0.1, 0.15) is 24.3 Å². The molecule has 0 N–H and O–H groups in total. The summed E-state index contributed by atoms with van der Waals surface area (Å²) >= 11 is 0. The van der Waals surface area contributed by atoms with Gasteiger partial charge in [-0.1, -0.05) is 5.16 Å². The van der Waals surface area contributed by atoms with Crippen LogP contribution >= 0.6 is 0 Å². The van der Waals surface area contributed by atoms with Gasteiger partial charge in [0.25, 0.3) is 0 Å². The monoisotopic (exact) mass is 320 g/mol. The van der Waals surface area contributed by atoms with Crippen molar-refractivity contribution in [2.45, 2.75) is 26.3 Å². The Balaban J connectivity index is 1.47. The topological polar surface area (TPSA) is 87.0 Å². The lowest BCUT2D eigenvalue weighted by Gasteiger charge is -2.34. The van der Waals surface area contributed by atoms with Crippen molar-refractivity contribution in [1.82, 2.24) is 19.9 Å². The lowest BCUT2D eigenvalue weighted by Crippen LogP contribution is -2.51. The second-order valence-corrected chi connectivity index (χ2v) is 5.96. The van der Waals surface area contributed by atoms with E-state index in [1.165, 1.54) is 0 Å². The van der Waals surface area contributed by atoms with Crippen molar-refractivity contribution in [3.05, 3.63) is 17.5 Å². The molecule has 23 heavy (non-hydrogen) atoms. The molecule has 2 aliphatic rings. The number of amides is 3. The zero-order valence-electron chi connectivity index (χ0n) is 13.2. The molecule has 0 bridgehead atoms. The summed E-state index contributed by atoms with van der Waals surface area (Å²) in [5, 5.41) is 3.97. The van der Waals surface area contributed by atoms with Gasteiger partial charge < -0.3 is 9.42 Å². The lowest BCUT2D eigenvalue weighted by atomic mass is 10.2. The van der Waals surface area contributed by atoms with Gasteiger partial charge in [0, 0.05) is 51.6 Å². The third-order valence-electron chi connectivity index (χ3n) is 4.24. The maximum atomic E-state index is 12.2. The molecule has 1 aromatic heterocycles. The van der Waals surface area contributed by atoms with Crippen molar-refractivity contribution < 1.29 is 18.9 Å². The van der Waals surface area contributed by atoms with Crippen LogP contribution in [-0.2, 0) is 20.9 Å². The number of piperazine rings is 1. The highest BCUT2D eigenvalue weighted by Crippen LogP contribution is 2.13. The summed E-state index contributed by atoms with van der Waals surface area (Å²) in [6.45, 7) is 5.08. The van der Waals surface area contributed by atoms with E-state index in [-0.39, 0.29) is 37.1 Å². The molecule has 3 rings (SSSR count). The van der Waals surface area contributed by atoms with Gasteiger partial charge in [-0.05, 0) is 6.92 Å². The van der Waals surface area contributed by atoms with Crippen LogP contribution in [0, 0.1) is 6.92 Å². The Labute approximate surface area is 134 Å². The van der Waals surface area contributed by atoms with E-state index in [9.17, 15) is 14.4 Å². The number of imide groups is 1. The summed E-state index contributed by atoms with van der Waals surface area (Å²) in [6, 6.07) is 1.90. The molecule has 0 aliphatic carbocycles. The number of carbonyl (C=O) groups is 3. The molecule has 8 heteroatoms. The smallest absolute Gasteiger partial charge is 0.242 e. The fourth-order valence-electron chi connectivity index (χ4n) is 2.91. The molecule has 0 radical (unpaired) electrons. The van der Waals surface area contributed by atoms with Gasteiger partial charge in [-0.25, -0.2) is 0 Å². The minimum absolute atomic E-state index is 0.125. The first-order chi connectivity index (χ1) is 11.0. The predicted octanol–water partition coefficient (Wildman–Crippen LogP) is -0.224. The molecular formula is C15H20N4O4.